The third kappa shape index (κ3) is 5.50. The van der Waals surface area contributed by atoms with Crippen molar-refractivity contribution < 1.29 is 0 Å². The highest BCUT2D eigenvalue weighted by Crippen LogP contribution is 2.15. The number of hydrogen-bond acceptors (Lipinski definition) is 3. The number of hydrogen-bond donors (Lipinski definition) is 3. The van der Waals surface area contributed by atoms with Gasteiger partial charge in [-0.15, -0.1) is 0 Å². The summed E-state index contributed by atoms with van der Waals surface area (Å²) in [5.74, 6) is 0. The first-order chi connectivity index (χ1) is 16.6. The summed E-state index contributed by atoms with van der Waals surface area (Å²) in [7, 11) is 0. The van der Waals surface area contributed by atoms with Crippen LogP contribution < -0.4 is 16.4 Å². The highest BCUT2D eigenvalue weighted by Gasteiger charge is 2.37. The number of nitrogens with one attached hydrogen (secondary N) is 3. The van der Waals surface area contributed by atoms with Gasteiger partial charge in [-0.05, 0) is 54.9 Å². The van der Waals surface area contributed by atoms with E-state index in [4.69, 9.17) is 15.3 Å². The smallest absolute Gasteiger partial charge is 0.255 e. The van der Waals surface area contributed by atoms with Gasteiger partial charge in [0, 0.05) is 17.1 Å². The highest BCUT2D eigenvalue weighted by atomic mass is 15.1. The Hall–Kier alpha value is -2.31. The van der Waals surface area contributed by atoms with Crippen LogP contribution in [0, 0.1) is 0 Å². The quantitative estimate of drug-likeness (QED) is 0.296. The highest BCUT2D eigenvalue weighted by molar-refractivity contribution is 6.97. The van der Waals surface area contributed by atoms with Crippen molar-refractivity contribution in [2.24, 2.45) is 0 Å². The first-order valence-electron chi connectivity index (χ1n) is 13.8. The number of rotatable bonds is 15. The van der Waals surface area contributed by atoms with E-state index in [1.165, 1.54) is 50.6 Å². The molecule has 186 valence electrons. The number of nitrogens with zero attached hydrogens (tertiary/aromatic N) is 3. The second-order valence-corrected chi connectivity index (χ2v) is 9.62. The molecular formula is C27H45BN6. The molecule has 34 heavy (non-hydrogen) atoms. The minimum atomic E-state index is 0.116. The second kappa shape index (κ2) is 13.0. The summed E-state index contributed by atoms with van der Waals surface area (Å²) in [5, 5.41) is 25.0. The lowest BCUT2D eigenvalue weighted by atomic mass is 9.34. The first-order valence-corrected chi connectivity index (χ1v) is 13.8. The Kier molecular flexibility index (Phi) is 10.0. The number of H-pyrrole nitrogens is 3. The van der Waals surface area contributed by atoms with Gasteiger partial charge in [-0.3, -0.25) is 15.3 Å². The van der Waals surface area contributed by atoms with Gasteiger partial charge in [0.2, 0.25) is 0 Å². The molecule has 0 atom stereocenters. The molecule has 0 saturated heterocycles. The van der Waals surface area contributed by atoms with E-state index < -0.39 is 0 Å². The molecule has 0 aliphatic carbocycles. The van der Waals surface area contributed by atoms with Crippen molar-refractivity contribution in [3.05, 3.63) is 34.2 Å². The van der Waals surface area contributed by atoms with Gasteiger partial charge < -0.3 is 0 Å². The molecule has 0 fully saturated rings. The first kappa shape index (κ1) is 26.3. The zero-order valence-corrected chi connectivity index (χ0v) is 22.4. The van der Waals surface area contributed by atoms with Crippen LogP contribution in [-0.2, 0) is 38.5 Å². The lowest BCUT2D eigenvalue weighted by Gasteiger charge is -2.20. The Bertz CT molecular complexity index is 815. The normalized spacial score (nSPS) is 11.5. The standard InChI is InChI=1S/C27H45BN6/c1-7-13-19-25(20(14-8-2)30-29-19)28(26-21(15-9-3)31-32-22(26)16-10-4)27-23(17-11-5)33-34-24(27)18-12-6/h7-18H2,1-6H3,(H,29,30)(H,31,32)(H,33,34). The Morgan fingerprint density at radius 2 is 0.706 bits per heavy atom. The van der Waals surface area contributed by atoms with Gasteiger partial charge >= 0.3 is 0 Å². The molecular weight excluding hydrogens is 419 g/mol. The van der Waals surface area contributed by atoms with Crippen molar-refractivity contribution in [3.63, 3.8) is 0 Å². The van der Waals surface area contributed by atoms with E-state index in [1.54, 1.807) is 0 Å². The molecule has 0 unspecified atom stereocenters. The van der Waals surface area contributed by atoms with Crippen molar-refractivity contribution in [1.29, 1.82) is 0 Å². The molecule has 0 spiro atoms. The lowest BCUT2D eigenvalue weighted by Crippen LogP contribution is -2.57. The van der Waals surface area contributed by atoms with Crippen LogP contribution >= 0.6 is 0 Å². The molecule has 3 N–H and O–H groups in total. The molecule has 3 heterocycles. The Morgan fingerprint density at radius 1 is 0.441 bits per heavy atom. The molecule has 3 aromatic rings. The van der Waals surface area contributed by atoms with Crippen molar-refractivity contribution >= 4 is 23.1 Å². The topological polar surface area (TPSA) is 86.0 Å². The van der Waals surface area contributed by atoms with E-state index in [1.807, 2.05) is 0 Å². The monoisotopic (exact) mass is 464 g/mol. The molecule has 0 aliphatic heterocycles. The van der Waals surface area contributed by atoms with Crippen LogP contribution in [0.25, 0.3) is 0 Å². The summed E-state index contributed by atoms with van der Waals surface area (Å²) in [6.45, 7) is 13.6. The molecule has 0 bridgehead atoms. The predicted molar refractivity (Wildman–Crippen MR) is 144 cm³/mol. The Balaban J connectivity index is 2.38. The summed E-state index contributed by atoms with van der Waals surface area (Å²) in [6, 6.07) is 0. The summed E-state index contributed by atoms with van der Waals surface area (Å²) < 4.78 is 0. The minimum Gasteiger partial charge on any atom is -0.283 e. The van der Waals surface area contributed by atoms with Gasteiger partial charge in [0.05, 0.1) is 17.1 Å². The maximum atomic E-state index is 4.88. The molecule has 3 rings (SSSR count). The minimum absolute atomic E-state index is 0.116. The lowest BCUT2D eigenvalue weighted by molar-refractivity contribution is 0.845. The molecule has 7 heteroatoms. The van der Waals surface area contributed by atoms with Crippen LogP contribution in [0.1, 0.15) is 114 Å². The third-order valence-corrected chi connectivity index (χ3v) is 6.71. The van der Waals surface area contributed by atoms with Crippen LogP contribution in [0.5, 0.6) is 0 Å². The molecule has 0 aliphatic rings. The second-order valence-electron chi connectivity index (χ2n) is 9.62. The van der Waals surface area contributed by atoms with Gasteiger partial charge in [-0.1, -0.05) is 80.1 Å². The molecule has 0 aromatic carbocycles. The maximum absolute atomic E-state index is 4.88. The van der Waals surface area contributed by atoms with Gasteiger partial charge in [0.25, 0.3) is 6.71 Å². The van der Waals surface area contributed by atoms with Gasteiger partial charge in [-0.2, -0.15) is 15.3 Å². The van der Waals surface area contributed by atoms with Gasteiger partial charge in [-0.25, -0.2) is 0 Å². The van der Waals surface area contributed by atoms with E-state index in [0.717, 1.165) is 77.0 Å². The van der Waals surface area contributed by atoms with Crippen molar-refractivity contribution in [2.75, 3.05) is 0 Å². The average molecular weight is 465 g/mol. The molecule has 0 saturated carbocycles. The fourth-order valence-corrected chi connectivity index (χ4v) is 5.35. The number of aryl methyl sites for hydroxylation is 6. The number of aromatic nitrogens is 6. The van der Waals surface area contributed by atoms with Crippen molar-refractivity contribution in [1.82, 2.24) is 30.6 Å². The van der Waals surface area contributed by atoms with E-state index in [0.29, 0.717) is 0 Å². The van der Waals surface area contributed by atoms with Crippen molar-refractivity contribution in [3.8, 4) is 0 Å². The average Bonchev–Trinajstić information content (AvgIpc) is 3.51. The molecule has 3 aromatic heterocycles. The largest absolute Gasteiger partial charge is 0.283 e. The van der Waals surface area contributed by atoms with Crippen LogP contribution in [0.2, 0.25) is 0 Å². The molecule has 0 radical (unpaired) electrons. The van der Waals surface area contributed by atoms with Crippen molar-refractivity contribution in [2.45, 2.75) is 119 Å². The van der Waals surface area contributed by atoms with E-state index in [9.17, 15) is 0 Å². The SMILES string of the molecule is CCCc1n[nH]c(CCC)c1B(c1c(CCC)n[nH]c1CCC)c1c(CCC)n[nH]c1CCC. The van der Waals surface area contributed by atoms with E-state index in [-0.39, 0.29) is 6.71 Å². The van der Waals surface area contributed by atoms with Gasteiger partial charge in [0.1, 0.15) is 0 Å². The van der Waals surface area contributed by atoms with Crippen LogP contribution in [0.3, 0.4) is 0 Å². The van der Waals surface area contributed by atoms with Crippen LogP contribution in [0.4, 0.5) is 0 Å². The zero-order valence-electron chi connectivity index (χ0n) is 22.4. The van der Waals surface area contributed by atoms with E-state index >= 15 is 0 Å². The van der Waals surface area contributed by atoms with Crippen LogP contribution in [0.15, 0.2) is 0 Å². The number of aromatic amines is 3. The van der Waals surface area contributed by atoms with E-state index in [2.05, 4.69) is 56.8 Å². The predicted octanol–water partition coefficient (Wildman–Crippen LogP) is 4.09. The third-order valence-electron chi connectivity index (χ3n) is 6.71. The zero-order chi connectivity index (χ0) is 24.5. The summed E-state index contributed by atoms with van der Waals surface area (Å²) >= 11 is 0. The Morgan fingerprint density at radius 3 is 0.941 bits per heavy atom. The summed E-state index contributed by atoms with van der Waals surface area (Å²) in [4.78, 5) is 0. The maximum Gasteiger partial charge on any atom is 0.255 e. The Labute approximate surface area is 206 Å². The summed E-state index contributed by atoms with van der Waals surface area (Å²) in [5.41, 5.74) is 11.7. The van der Waals surface area contributed by atoms with Gasteiger partial charge in [0.15, 0.2) is 0 Å². The fraction of sp³-hybridized carbons (Fsp3) is 0.667. The molecule has 6 nitrogen and oxygen atoms in total. The van der Waals surface area contributed by atoms with Crippen LogP contribution in [-0.4, -0.2) is 37.3 Å². The molecule has 0 amide bonds. The summed E-state index contributed by atoms with van der Waals surface area (Å²) in [6.07, 6.45) is 12.5. The fourth-order valence-electron chi connectivity index (χ4n) is 5.35.